The summed E-state index contributed by atoms with van der Waals surface area (Å²) < 4.78 is 3.97. The standard InChI is InChI=1S/C7H7NO4.C4H2O3.C3H7NO2/c9-5-1-2-6(10)8(5)4-3-7(11)12;5-3-1-2-4(6)7-3;4-2-1-3(5)6/h1-2H,3-4H2,(H,11,12);1-2H;1-2,4H2,(H,5,6). The van der Waals surface area contributed by atoms with Gasteiger partial charge in [0.15, 0.2) is 0 Å². The van der Waals surface area contributed by atoms with Crippen molar-refractivity contribution in [3.8, 4) is 0 Å². The SMILES string of the molecule is NCCC(=O)O.O=C(O)CCN1C(=O)C=CC1=O.O=C1C=CC(=O)O1. The Balaban J connectivity index is 0.000000378. The number of aliphatic carboxylic acids is 2. The second-order valence-electron chi connectivity index (χ2n) is 4.31. The summed E-state index contributed by atoms with van der Waals surface area (Å²) in [7, 11) is 0. The molecule has 0 unspecified atom stereocenters. The highest BCUT2D eigenvalue weighted by molar-refractivity contribution is 6.13. The van der Waals surface area contributed by atoms with Gasteiger partial charge in [0.25, 0.3) is 11.8 Å². The van der Waals surface area contributed by atoms with E-state index < -0.39 is 35.7 Å². The van der Waals surface area contributed by atoms with Gasteiger partial charge in [-0.25, -0.2) is 9.59 Å². The second kappa shape index (κ2) is 11.2. The molecule has 11 heteroatoms. The van der Waals surface area contributed by atoms with Crippen molar-refractivity contribution in [2.75, 3.05) is 13.1 Å². The number of rotatable bonds is 5. The van der Waals surface area contributed by atoms with Crippen molar-refractivity contribution in [1.29, 1.82) is 0 Å². The predicted molar refractivity (Wildman–Crippen MR) is 79.7 cm³/mol. The molecule has 2 rings (SSSR count). The normalized spacial score (nSPS) is 14.5. The second-order valence-corrected chi connectivity index (χ2v) is 4.31. The maximum atomic E-state index is 10.8. The molecule has 0 bridgehead atoms. The summed E-state index contributed by atoms with van der Waals surface area (Å²) in [6.07, 6.45) is 4.29. The summed E-state index contributed by atoms with van der Waals surface area (Å²) in [5.41, 5.74) is 4.85. The van der Waals surface area contributed by atoms with Gasteiger partial charge in [0.2, 0.25) is 0 Å². The molecule has 0 saturated heterocycles. The van der Waals surface area contributed by atoms with Gasteiger partial charge in [-0.2, -0.15) is 0 Å². The van der Waals surface area contributed by atoms with Crippen molar-refractivity contribution >= 4 is 35.7 Å². The molecule has 4 N–H and O–H groups in total. The maximum absolute atomic E-state index is 10.8. The van der Waals surface area contributed by atoms with Gasteiger partial charge in [-0.15, -0.1) is 0 Å². The summed E-state index contributed by atoms with van der Waals surface area (Å²) in [5, 5.41) is 16.1. The number of carboxylic acids is 2. The Hall–Kier alpha value is -3.34. The number of carbonyl (C=O) groups is 6. The van der Waals surface area contributed by atoms with Crippen LogP contribution in [0, 0.1) is 0 Å². The Morgan fingerprint density at radius 2 is 1.32 bits per heavy atom. The van der Waals surface area contributed by atoms with Gasteiger partial charge in [-0.1, -0.05) is 0 Å². The molecule has 136 valence electrons. The van der Waals surface area contributed by atoms with Gasteiger partial charge in [-0.05, 0) is 0 Å². The molecule has 0 fully saturated rings. The summed E-state index contributed by atoms with van der Waals surface area (Å²) in [6, 6.07) is 0. The highest BCUT2D eigenvalue weighted by Crippen LogP contribution is 2.03. The molecule has 0 radical (unpaired) electrons. The molecule has 0 saturated carbocycles. The summed E-state index contributed by atoms with van der Waals surface area (Å²) in [6.45, 7) is 0.176. The van der Waals surface area contributed by atoms with Crippen molar-refractivity contribution < 1.29 is 43.7 Å². The number of cyclic esters (lactones) is 2. The number of nitrogens with zero attached hydrogens (tertiary/aromatic N) is 1. The number of carboxylic acid groups (broad SMARTS) is 2. The molecule has 2 amide bonds. The average molecular weight is 356 g/mol. The fourth-order valence-corrected chi connectivity index (χ4v) is 1.29. The number of hydrogen-bond acceptors (Lipinski definition) is 8. The van der Waals surface area contributed by atoms with E-state index in [-0.39, 0.29) is 25.9 Å². The molecule has 11 nitrogen and oxygen atoms in total. The van der Waals surface area contributed by atoms with Crippen LogP contribution in [0.15, 0.2) is 24.3 Å². The summed E-state index contributed by atoms with van der Waals surface area (Å²) >= 11 is 0. The molecule has 0 atom stereocenters. The first-order chi connectivity index (χ1) is 11.7. The topological polar surface area (TPSA) is 181 Å². The zero-order chi connectivity index (χ0) is 19.4. The molecule has 2 aliphatic heterocycles. The molecule has 0 spiro atoms. The number of imide groups is 1. The van der Waals surface area contributed by atoms with Crippen LogP contribution < -0.4 is 5.73 Å². The Morgan fingerprint density at radius 1 is 0.880 bits per heavy atom. The first-order valence-corrected chi connectivity index (χ1v) is 6.78. The van der Waals surface area contributed by atoms with Crippen LogP contribution in [-0.4, -0.2) is 63.9 Å². The Kier molecular flexibility index (Phi) is 9.73. The van der Waals surface area contributed by atoms with E-state index in [9.17, 15) is 28.8 Å². The molecular weight excluding hydrogens is 340 g/mol. The molecule has 0 aromatic heterocycles. The van der Waals surface area contributed by atoms with E-state index in [1.54, 1.807) is 0 Å². The van der Waals surface area contributed by atoms with Crippen molar-refractivity contribution in [1.82, 2.24) is 4.90 Å². The monoisotopic (exact) mass is 356 g/mol. The largest absolute Gasteiger partial charge is 0.481 e. The minimum absolute atomic E-state index is 0.0556. The fourth-order valence-electron chi connectivity index (χ4n) is 1.29. The van der Waals surface area contributed by atoms with Crippen molar-refractivity contribution in [2.24, 2.45) is 5.73 Å². The van der Waals surface area contributed by atoms with Crippen molar-refractivity contribution in [2.45, 2.75) is 12.8 Å². The van der Waals surface area contributed by atoms with Gasteiger partial charge in [0.05, 0.1) is 12.8 Å². The van der Waals surface area contributed by atoms with E-state index in [1.807, 2.05) is 0 Å². The van der Waals surface area contributed by atoms with Crippen LogP contribution in [0.1, 0.15) is 12.8 Å². The molecule has 2 heterocycles. The van der Waals surface area contributed by atoms with Crippen LogP contribution in [0.5, 0.6) is 0 Å². The van der Waals surface area contributed by atoms with Crippen LogP contribution in [0.4, 0.5) is 0 Å². The highest BCUT2D eigenvalue weighted by atomic mass is 16.6. The number of carbonyl (C=O) groups excluding carboxylic acids is 4. The maximum Gasteiger partial charge on any atom is 0.338 e. The lowest BCUT2D eigenvalue weighted by molar-refractivity contribution is -0.150. The lowest BCUT2D eigenvalue weighted by atomic mass is 10.4. The number of ether oxygens (including phenoxy) is 1. The first-order valence-electron chi connectivity index (χ1n) is 6.78. The number of nitrogens with two attached hydrogens (primary N) is 1. The first kappa shape index (κ1) is 21.7. The zero-order valence-electron chi connectivity index (χ0n) is 12.9. The van der Waals surface area contributed by atoms with Gasteiger partial charge >= 0.3 is 23.9 Å². The van der Waals surface area contributed by atoms with Gasteiger partial charge in [0.1, 0.15) is 0 Å². The van der Waals surface area contributed by atoms with E-state index in [0.717, 1.165) is 29.2 Å². The van der Waals surface area contributed by atoms with E-state index in [1.165, 1.54) is 0 Å². The Morgan fingerprint density at radius 3 is 1.56 bits per heavy atom. The molecule has 2 aliphatic rings. The average Bonchev–Trinajstić information content (AvgIpc) is 3.03. The highest BCUT2D eigenvalue weighted by Gasteiger charge is 2.23. The van der Waals surface area contributed by atoms with Crippen LogP contribution in [0.25, 0.3) is 0 Å². The third kappa shape index (κ3) is 10.1. The Bertz CT molecular complexity index is 588. The summed E-state index contributed by atoms with van der Waals surface area (Å²) in [4.78, 5) is 62.0. The van der Waals surface area contributed by atoms with E-state index in [4.69, 9.17) is 15.9 Å². The van der Waals surface area contributed by atoms with Crippen LogP contribution in [0.2, 0.25) is 0 Å². The molecular formula is C14H16N2O9. The lowest BCUT2D eigenvalue weighted by Gasteiger charge is -2.10. The lowest BCUT2D eigenvalue weighted by Crippen LogP contribution is -2.31. The van der Waals surface area contributed by atoms with Crippen molar-refractivity contribution in [3.63, 3.8) is 0 Å². The zero-order valence-corrected chi connectivity index (χ0v) is 12.9. The van der Waals surface area contributed by atoms with E-state index in [2.05, 4.69) is 4.74 Å². The number of amides is 2. The van der Waals surface area contributed by atoms with E-state index >= 15 is 0 Å². The quantitative estimate of drug-likeness (QED) is 0.296. The van der Waals surface area contributed by atoms with Crippen LogP contribution in [-0.2, 0) is 33.5 Å². The molecule has 0 aliphatic carbocycles. The predicted octanol–water partition coefficient (Wildman–Crippen LogP) is -1.57. The third-order valence-corrected chi connectivity index (χ3v) is 2.36. The molecule has 25 heavy (non-hydrogen) atoms. The number of esters is 2. The summed E-state index contributed by atoms with van der Waals surface area (Å²) in [5.74, 6) is -3.91. The molecule has 0 aromatic carbocycles. The fraction of sp³-hybridized carbons (Fsp3) is 0.286. The van der Waals surface area contributed by atoms with E-state index in [0.29, 0.717) is 0 Å². The van der Waals surface area contributed by atoms with Crippen LogP contribution >= 0.6 is 0 Å². The van der Waals surface area contributed by atoms with Crippen molar-refractivity contribution in [3.05, 3.63) is 24.3 Å². The Labute approximate surface area is 141 Å². The number of hydrogen-bond donors (Lipinski definition) is 3. The van der Waals surface area contributed by atoms with Gasteiger partial charge in [-0.3, -0.25) is 24.1 Å². The third-order valence-electron chi connectivity index (χ3n) is 2.36. The minimum atomic E-state index is -1.03. The molecule has 0 aromatic rings. The smallest absolute Gasteiger partial charge is 0.338 e. The van der Waals surface area contributed by atoms with Crippen LogP contribution in [0.3, 0.4) is 0 Å². The minimum Gasteiger partial charge on any atom is -0.481 e. The van der Waals surface area contributed by atoms with Gasteiger partial charge in [0, 0.05) is 37.4 Å². The van der Waals surface area contributed by atoms with Gasteiger partial charge < -0.3 is 20.7 Å².